The lowest BCUT2D eigenvalue weighted by Gasteiger charge is -2.31. The lowest BCUT2D eigenvalue weighted by atomic mass is 10.0. The maximum absolute atomic E-state index is 12.8. The average Bonchev–Trinajstić information content (AvgIpc) is 3.26. The number of likely N-dealkylation sites (N-methyl/N-ethyl adjacent to an activating group) is 1. The summed E-state index contributed by atoms with van der Waals surface area (Å²) in [6.07, 6.45) is 54.1. The number of hydrogen-bond donors (Lipinski definition) is 1. The third-order valence-corrected chi connectivity index (χ3v) is 12.9. The van der Waals surface area contributed by atoms with E-state index < -0.39 is 18.1 Å². The van der Waals surface area contributed by atoms with Crippen molar-refractivity contribution >= 4 is 17.9 Å². The number of carboxylic acid groups (broad SMARTS) is 1. The number of aliphatic carboxylic acids is 1. The van der Waals surface area contributed by atoms with Crippen molar-refractivity contribution in [1.82, 2.24) is 0 Å². The number of allylic oxidation sites excluding steroid dienone is 2. The quantitative estimate of drug-likeness (QED) is 0.0281. The van der Waals surface area contributed by atoms with Crippen LogP contribution in [-0.2, 0) is 28.6 Å². The fourth-order valence-electron chi connectivity index (χ4n) is 8.62. The number of carbonyl (C=O) groups excluding carboxylic acids is 2. The van der Waals surface area contributed by atoms with Crippen LogP contribution in [0.4, 0.5) is 0 Å². The molecule has 0 aliphatic heterocycles. The molecular weight excluding hydrogens is 799 g/mol. The van der Waals surface area contributed by atoms with Gasteiger partial charge in [-0.25, -0.2) is 4.79 Å². The normalized spacial score (nSPS) is 12.8. The molecule has 0 aromatic rings. The van der Waals surface area contributed by atoms with Crippen LogP contribution in [-0.4, -0.2) is 80.6 Å². The van der Waals surface area contributed by atoms with Gasteiger partial charge in [-0.15, -0.1) is 0 Å². The number of esters is 2. The molecule has 0 rings (SSSR count). The number of unbranched alkanes of at least 4 members (excludes halogenated alkanes) is 35. The maximum Gasteiger partial charge on any atom is 0.362 e. The second-order valence-corrected chi connectivity index (χ2v) is 20.2. The topological polar surface area (TPSA) is 99.1 Å². The maximum atomic E-state index is 12.8. The average molecular weight is 907 g/mol. The van der Waals surface area contributed by atoms with Gasteiger partial charge >= 0.3 is 17.9 Å². The molecule has 0 aliphatic rings. The van der Waals surface area contributed by atoms with Crippen LogP contribution in [0.15, 0.2) is 12.2 Å². The van der Waals surface area contributed by atoms with Crippen LogP contribution in [0.5, 0.6) is 0 Å². The highest BCUT2D eigenvalue weighted by Gasteiger charge is 2.31. The number of rotatable bonds is 51. The van der Waals surface area contributed by atoms with Gasteiger partial charge in [0.25, 0.3) is 0 Å². The number of carboxylic acids is 1. The molecule has 378 valence electrons. The van der Waals surface area contributed by atoms with E-state index in [0.717, 1.165) is 38.5 Å². The van der Waals surface area contributed by atoms with Gasteiger partial charge in [0.2, 0.25) is 0 Å². The van der Waals surface area contributed by atoms with Gasteiger partial charge in [0, 0.05) is 19.3 Å². The van der Waals surface area contributed by atoms with Crippen molar-refractivity contribution in [1.29, 1.82) is 0 Å². The Balaban J connectivity index is 4.15. The molecule has 0 spiro atoms. The van der Waals surface area contributed by atoms with Gasteiger partial charge in [-0.3, -0.25) is 9.59 Å². The third kappa shape index (κ3) is 45.2. The second kappa shape index (κ2) is 47.6. The lowest BCUT2D eigenvalue weighted by Crippen LogP contribution is -2.50. The zero-order valence-electron chi connectivity index (χ0n) is 43.3. The summed E-state index contributed by atoms with van der Waals surface area (Å²) in [6.45, 7) is 4.79. The predicted octanol–water partition coefficient (Wildman–Crippen LogP) is 16.2. The van der Waals surface area contributed by atoms with Crippen LogP contribution in [0.25, 0.3) is 0 Å². The van der Waals surface area contributed by atoms with E-state index in [1.807, 2.05) is 21.1 Å². The van der Waals surface area contributed by atoms with Crippen LogP contribution in [0.1, 0.15) is 277 Å². The molecule has 2 unspecified atom stereocenters. The van der Waals surface area contributed by atoms with Gasteiger partial charge in [0.15, 0.2) is 12.1 Å². The van der Waals surface area contributed by atoms with Crippen LogP contribution < -0.4 is 0 Å². The Morgan fingerprint density at radius 1 is 0.453 bits per heavy atom. The SMILES string of the molecule is CCCCCCCCCCCCCC/C=C/CCCCCCCCCC(=O)OCC(COCCC(C(=O)O)[N+](C)(C)C)OC(=O)CCCCCCCCCCCCCCCCCCC. The first kappa shape index (κ1) is 62.1. The molecule has 0 aliphatic carbocycles. The molecule has 0 aromatic carbocycles. The Morgan fingerprint density at radius 2 is 0.781 bits per heavy atom. The highest BCUT2D eigenvalue weighted by molar-refractivity contribution is 5.72. The van der Waals surface area contributed by atoms with Crippen LogP contribution >= 0.6 is 0 Å². The van der Waals surface area contributed by atoms with E-state index in [0.29, 0.717) is 19.3 Å². The summed E-state index contributed by atoms with van der Waals surface area (Å²) >= 11 is 0. The third-order valence-electron chi connectivity index (χ3n) is 12.9. The van der Waals surface area contributed by atoms with Crippen molar-refractivity contribution in [2.45, 2.75) is 289 Å². The van der Waals surface area contributed by atoms with Gasteiger partial charge in [-0.1, -0.05) is 231 Å². The minimum Gasteiger partial charge on any atom is -0.477 e. The number of quaternary nitrogens is 1. The van der Waals surface area contributed by atoms with Crippen molar-refractivity contribution in [3.8, 4) is 0 Å². The minimum absolute atomic E-state index is 0.0465. The van der Waals surface area contributed by atoms with E-state index in [9.17, 15) is 19.5 Å². The zero-order valence-corrected chi connectivity index (χ0v) is 43.3. The molecular formula is C56H108NO7+. The van der Waals surface area contributed by atoms with Crippen molar-refractivity contribution in [3.63, 3.8) is 0 Å². The van der Waals surface area contributed by atoms with Crippen LogP contribution in [0.3, 0.4) is 0 Å². The first-order valence-corrected chi connectivity index (χ1v) is 27.7. The summed E-state index contributed by atoms with van der Waals surface area (Å²) in [5.74, 6) is -1.45. The summed E-state index contributed by atoms with van der Waals surface area (Å²) in [4.78, 5) is 37.2. The molecule has 0 aromatic heterocycles. The first-order valence-electron chi connectivity index (χ1n) is 27.7. The Bertz CT molecular complexity index is 1060. The highest BCUT2D eigenvalue weighted by atomic mass is 16.6. The van der Waals surface area contributed by atoms with E-state index in [1.54, 1.807) is 0 Å². The minimum atomic E-state index is -0.870. The van der Waals surface area contributed by atoms with E-state index >= 15 is 0 Å². The van der Waals surface area contributed by atoms with E-state index in [4.69, 9.17) is 14.2 Å². The van der Waals surface area contributed by atoms with Crippen molar-refractivity contribution in [3.05, 3.63) is 12.2 Å². The zero-order chi connectivity index (χ0) is 47.0. The van der Waals surface area contributed by atoms with Crippen molar-refractivity contribution in [2.24, 2.45) is 0 Å². The van der Waals surface area contributed by atoms with Gasteiger partial charge < -0.3 is 23.8 Å². The Hall–Kier alpha value is -1.93. The monoisotopic (exact) mass is 907 g/mol. The number of carbonyl (C=O) groups is 3. The highest BCUT2D eigenvalue weighted by Crippen LogP contribution is 2.17. The van der Waals surface area contributed by atoms with E-state index in [1.165, 1.54) is 205 Å². The molecule has 0 fully saturated rings. The standard InChI is InChI=1S/C56H107NO7/c1-6-8-10-12-14-16-18-20-22-24-25-26-27-28-29-31-32-34-36-38-40-42-44-46-54(58)63-51-52(50-62-49-48-53(56(60)61)57(3,4)5)64-55(59)47-45-43-41-39-37-35-33-30-23-21-19-17-15-13-11-9-7-2/h28-29,52-53H,6-27,30-51H2,1-5H3/p+1/b29-28+. The Labute approximate surface area is 397 Å². The van der Waals surface area contributed by atoms with Crippen LogP contribution in [0, 0.1) is 0 Å². The van der Waals surface area contributed by atoms with Gasteiger partial charge in [0.1, 0.15) is 6.61 Å². The molecule has 8 heteroatoms. The predicted molar refractivity (Wildman–Crippen MR) is 271 cm³/mol. The second-order valence-electron chi connectivity index (χ2n) is 20.2. The molecule has 64 heavy (non-hydrogen) atoms. The van der Waals surface area contributed by atoms with Crippen LogP contribution in [0.2, 0.25) is 0 Å². The Kier molecular flexibility index (Phi) is 46.1. The molecule has 0 heterocycles. The summed E-state index contributed by atoms with van der Waals surface area (Å²) in [6, 6.07) is -0.612. The number of nitrogens with zero attached hydrogens (tertiary/aromatic N) is 1. The molecule has 0 radical (unpaired) electrons. The molecule has 0 saturated heterocycles. The molecule has 0 amide bonds. The fraction of sp³-hybridized carbons (Fsp3) is 0.911. The molecule has 1 N–H and O–H groups in total. The molecule has 8 nitrogen and oxygen atoms in total. The molecule has 2 atom stereocenters. The van der Waals surface area contributed by atoms with Crippen molar-refractivity contribution < 1.29 is 38.2 Å². The number of ether oxygens (including phenoxy) is 3. The van der Waals surface area contributed by atoms with Gasteiger partial charge in [-0.2, -0.15) is 0 Å². The summed E-state index contributed by atoms with van der Waals surface area (Å²) in [5, 5.41) is 9.66. The van der Waals surface area contributed by atoms with E-state index in [2.05, 4.69) is 26.0 Å². The first-order chi connectivity index (χ1) is 31.1. The Morgan fingerprint density at radius 3 is 1.12 bits per heavy atom. The van der Waals surface area contributed by atoms with Gasteiger partial charge in [-0.05, 0) is 38.5 Å². The number of hydrogen-bond acceptors (Lipinski definition) is 6. The molecule has 0 bridgehead atoms. The van der Waals surface area contributed by atoms with Crippen molar-refractivity contribution in [2.75, 3.05) is 41.0 Å². The smallest absolute Gasteiger partial charge is 0.362 e. The van der Waals surface area contributed by atoms with Gasteiger partial charge in [0.05, 0.1) is 34.4 Å². The van der Waals surface area contributed by atoms with E-state index in [-0.39, 0.29) is 36.2 Å². The largest absolute Gasteiger partial charge is 0.477 e. The lowest BCUT2D eigenvalue weighted by molar-refractivity contribution is -0.887. The fourth-order valence-corrected chi connectivity index (χ4v) is 8.62. The summed E-state index contributed by atoms with van der Waals surface area (Å²) < 4.78 is 17.4. The molecule has 0 saturated carbocycles. The summed E-state index contributed by atoms with van der Waals surface area (Å²) in [5.41, 5.74) is 0. The summed E-state index contributed by atoms with van der Waals surface area (Å²) in [7, 11) is 5.55.